The van der Waals surface area contributed by atoms with Crippen LogP contribution >= 0.6 is 0 Å². The zero-order valence-corrected chi connectivity index (χ0v) is 15.3. The second-order valence-corrected chi connectivity index (χ2v) is 8.69. The fraction of sp³-hybridized carbons (Fsp3) is 0.600. The van der Waals surface area contributed by atoms with Crippen molar-refractivity contribution in [3.63, 3.8) is 0 Å². The molecule has 0 unspecified atom stereocenters. The lowest BCUT2D eigenvalue weighted by Crippen LogP contribution is -2.53. The van der Waals surface area contributed by atoms with E-state index in [4.69, 9.17) is 9.26 Å². The minimum Gasteiger partial charge on any atom is -0.443 e. The first-order chi connectivity index (χ1) is 12.5. The molecule has 138 valence electrons. The summed E-state index contributed by atoms with van der Waals surface area (Å²) < 4.78 is 11.4. The standard InChI is InChI=1S/C20H25N3O3/c1-23(2)15-4-3-5-16-17(15)18(22-26-16)21-19(24)25-20-9-12-6-13(10-20)8-14(7-12)11-20/h3-5,12-14H,6-11H2,1-2H3,(H,21,22,24). The van der Waals surface area contributed by atoms with E-state index in [9.17, 15) is 4.79 Å². The summed E-state index contributed by atoms with van der Waals surface area (Å²) in [5.41, 5.74) is 1.35. The summed E-state index contributed by atoms with van der Waals surface area (Å²) >= 11 is 0. The van der Waals surface area contributed by atoms with Gasteiger partial charge in [-0.3, -0.25) is 5.32 Å². The molecule has 0 aliphatic heterocycles. The Hall–Kier alpha value is -2.24. The molecule has 1 N–H and O–H groups in total. The predicted molar refractivity (Wildman–Crippen MR) is 99.3 cm³/mol. The van der Waals surface area contributed by atoms with Crippen molar-refractivity contribution in [3.05, 3.63) is 18.2 Å². The highest BCUT2D eigenvalue weighted by atomic mass is 16.6. The van der Waals surface area contributed by atoms with Gasteiger partial charge in [0.25, 0.3) is 0 Å². The first-order valence-electron chi connectivity index (χ1n) is 9.57. The Morgan fingerprint density at radius 1 is 1.19 bits per heavy atom. The lowest BCUT2D eigenvalue weighted by Gasteiger charge is -2.55. The number of hydrogen-bond donors (Lipinski definition) is 1. The lowest BCUT2D eigenvalue weighted by molar-refractivity contribution is -0.124. The van der Waals surface area contributed by atoms with Crippen LogP contribution in [0.2, 0.25) is 0 Å². The number of ether oxygens (including phenoxy) is 1. The molecule has 6 heteroatoms. The average Bonchev–Trinajstić information content (AvgIpc) is 2.95. The molecule has 1 aromatic carbocycles. The summed E-state index contributed by atoms with van der Waals surface area (Å²) in [6.45, 7) is 0. The molecule has 1 heterocycles. The van der Waals surface area contributed by atoms with Gasteiger partial charge in [0.2, 0.25) is 0 Å². The summed E-state index contributed by atoms with van der Waals surface area (Å²) in [6.07, 6.45) is 6.63. The third-order valence-electron chi connectivity index (χ3n) is 6.47. The second kappa shape index (κ2) is 5.63. The fourth-order valence-corrected chi connectivity index (χ4v) is 5.91. The fourth-order valence-electron chi connectivity index (χ4n) is 5.91. The van der Waals surface area contributed by atoms with Crippen LogP contribution in [0.25, 0.3) is 11.0 Å². The Bertz CT molecular complexity index is 822. The van der Waals surface area contributed by atoms with E-state index in [1.807, 2.05) is 37.2 Å². The van der Waals surface area contributed by atoms with Gasteiger partial charge >= 0.3 is 6.09 Å². The number of rotatable bonds is 3. The number of hydrogen-bond acceptors (Lipinski definition) is 5. The van der Waals surface area contributed by atoms with E-state index >= 15 is 0 Å². The Morgan fingerprint density at radius 3 is 2.46 bits per heavy atom. The van der Waals surface area contributed by atoms with E-state index < -0.39 is 6.09 Å². The molecule has 0 atom stereocenters. The van der Waals surface area contributed by atoms with Crippen molar-refractivity contribution in [1.82, 2.24) is 5.16 Å². The number of anilines is 2. The smallest absolute Gasteiger partial charge is 0.413 e. The van der Waals surface area contributed by atoms with Crippen LogP contribution in [-0.4, -0.2) is 30.9 Å². The Kier molecular flexibility index (Phi) is 3.46. The zero-order chi connectivity index (χ0) is 17.9. The molecule has 6 rings (SSSR count). The SMILES string of the molecule is CN(C)c1cccc2onc(NC(=O)OC34CC5CC(CC(C5)C3)C4)c12. The molecule has 4 saturated carbocycles. The van der Waals surface area contributed by atoms with Gasteiger partial charge in [-0.1, -0.05) is 11.2 Å². The molecule has 4 aliphatic carbocycles. The topological polar surface area (TPSA) is 67.6 Å². The first kappa shape index (κ1) is 16.0. The van der Waals surface area contributed by atoms with Crippen molar-refractivity contribution >= 4 is 28.6 Å². The molecular weight excluding hydrogens is 330 g/mol. The number of benzene rings is 1. The van der Waals surface area contributed by atoms with Crippen molar-refractivity contribution in [2.75, 3.05) is 24.3 Å². The molecule has 26 heavy (non-hydrogen) atoms. The molecule has 4 aliphatic rings. The van der Waals surface area contributed by atoms with Crippen LogP contribution < -0.4 is 10.2 Å². The van der Waals surface area contributed by atoms with Crippen LogP contribution in [0.3, 0.4) is 0 Å². The molecule has 0 spiro atoms. The molecule has 4 bridgehead atoms. The maximum absolute atomic E-state index is 12.7. The largest absolute Gasteiger partial charge is 0.443 e. The van der Waals surface area contributed by atoms with Gasteiger partial charge in [0.15, 0.2) is 11.4 Å². The summed E-state index contributed by atoms with van der Waals surface area (Å²) in [5, 5.41) is 7.71. The first-order valence-corrected chi connectivity index (χ1v) is 9.57. The van der Waals surface area contributed by atoms with Crippen LogP contribution in [-0.2, 0) is 4.74 Å². The summed E-state index contributed by atoms with van der Waals surface area (Å²) in [6, 6.07) is 5.75. The summed E-state index contributed by atoms with van der Waals surface area (Å²) in [5.74, 6) is 2.64. The van der Waals surface area contributed by atoms with Crippen molar-refractivity contribution in [2.45, 2.75) is 44.1 Å². The molecule has 1 aromatic heterocycles. The molecule has 2 aromatic rings. The van der Waals surface area contributed by atoms with Gasteiger partial charge in [-0.15, -0.1) is 0 Å². The van der Waals surface area contributed by atoms with Gasteiger partial charge in [0.1, 0.15) is 5.60 Å². The normalized spacial score (nSPS) is 32.0. The number of carbonyl (C=O) groups excluding carboxylic acids is 1. The van der Waals surface area contributed by atoms with E-state index in [2.05, 4.69) is 10.5 Å². The highest BCUT2D eigenvalue weighted by molar-refractivity contribution is 6.03. The Balaban J connectivity index is 1.37. The van der Waals surface area contributed by atoms with Crippen molar-refractivity contribution in [2.24, 2.45) is 17.8 Å². The van der Waals surface area contributed by atoms with Crippen LogP contribution in [0, 0.1) is 17.8 Å². The molecule has 6 nitrogen and oxygen atoms in total. The van der Waals surface area contributed by atoms with E-state index in [-0.39, 0.29) is 5.60 Å². The van der Waals surface area contributed by atoms with Crippen LogP contribution in [0.4, 0.5) is 16.3 Å². The predicted octanol–water partition coefficient (Wildman–Crippen LogP) is 4.41. The van der Waals surface area contributed by atoms with Crippen LogP contribution in [0.15, 0.2) is 22.7 Å². The third-order valence-corrected chi connectivity index (χ3v) is 6.47. The maximum atomic E-state index is 12.7. The highest BCUT2D eigenvalue weighted by Crippen LogP contribution is 2.57. The van der Waals surface area contributed by atoms with E-state index in [0.717, 1.165) is 48.1 Å². The highest BCUT2D eigenvalue weighted by Gasteiger charge is 2.53. The lowest BCUT2D eigenvalue weighted by atomic mass is 9.54. The zero-order valence-electron chi connectivity index (χ0n) is 15.3. The van der Waals surface area contributed by atoms with E-state index in [0.29, 0.717) is 11.4 Å². The van der Waals surface area contributed by atoms with Crippen molar-refractivity contribution < 1.29 is 14.1 Å². The molecule has 0 radical (unpaired) electrons. The van der Waals surface area contributed by atoms with Gasteiger partial charge < -0.3 is 14.2 Å². The second-order valence-electron chi connectivity index (χ2n) is 8.69. The minimum atomic E-state index is -0.407. The Labute approximate surface area is 152 Å². The van der Waals surface area contributed by atoms with Crippen LogP contribution in [0.1, 0.15) is 38.5 Å². The minimum absolute atomic E-state index is 0.261. The average molecular weight is 355 g/mol. The van der Waals surface area contributed by atoms with Gasteiger partial charge in [0, 0.05) is 14.1 Å². The monoisotopic (exact) mass is 355 g/mol. The molecule has 4 fully saturated rings. The maximum Gasteiger partial charge on any atom is 0.413 e. The van der Waals surface area contributed by atoms with Gasteiger partial charge in [-0.2, -0.15) is 0 Å². The number of carbonyl (C=O) groups is 1. The summed E-state index contributed by atoms with van der Waals surface area (Å²) in [7, 11) is 3.92. The third kappa shape index (κ3) is 2.54. The van der Waals surface area contributed by atoms with Crippen LogP contribution in [0.5, 0.6) is 0 Å². The number of aromatic nitrogens is 1. The van der Waals surface area contributed by atoms with E-state index in [1.165, 1.54) is 19.3 Å². The van der Waals surface area contributed by atoms with Crippen molar-refractivity contribution in [3.8, 4) is 0 Å². The van der Waals surface area contributed by atoms with E-state index in [1.54, 1.807) is 0 Å². The van der Waals surface area contributed by atoms with Gasteiger partial charge in [-0.25, -0.2) is 4.79 Å². The number of amides is 1. The molecular formula is C20H25N3O3. The van der Waals surface area contributed by atoms with Crippen molar-refractivity contribution in [1.29, 1.82) is 0 Å². The van der Waals surface area contributed by atoms with Gasteiger partial charge in [0.05, 0.1) is 11.1 Å². The summed E-state index contributed by atoms with van der Waals surface area (Å²) in [4.78, 5) is 14.7. The molecule has 1 amide bonds. The number of nitrogens with one attached hydrogen (secondary N) is 1. The number of fused-ring (bicyclic) bond motifs is 1. The Morgan fingerprint density at radius 2 is 1.85 bits per heavy atom. The van der Waals surface area contributed by atoms with Gasteiger partial charge in [-0.05, 0) is 68.4 Å². The number of nitrogens with zero attached hydrogens (tertiary/aromatic N) is 2. The molecule has 0 saturated heterocycles. The quantitative estimate of drug-likeness (QED) is 0.883.